The smallest absolute Gasteiger partial charge is 0.250 e. The van der Waals surface area contributed by atoms with Gasteiger partial charge in [0.05, 0.1) is 0 Å². The highest BCUT2D eigenvalue weighted by atomic mass is 15.4. The average molecular weight is 161 g/mol. The Balaban J connectivity index is 2.92. The van der Waals surface area contributed by atoms with Crippen LogP contribution >= 0.6 is 0 Å². The molecule has 0 unspecified atom stereocenters. The highest BCUT2D eigenvalue weighted by molar-refractivity contribution is 5.97. The number of benzene rings is 1. The van der Waals surface area contributed by atoms with Gasteiger partial charge in [-0.25, -0.2) is 0 Å². The van der Waals surface area contributed by atoms with E-state index in [1.807, 2.05) is 18.2 Å². The van der Waals surface area contributed by atoms with Crippen molar-refractivity contribution in [2.24, 2.45) is 16.1 Å². The number of nitrogens with zero attached hydrogens (tertiary/aromatic N) is 4. The van der Waals surface area contributed by atoms with Gasteiger partial charge in [-0.2, -0.15) is 4.91 Å². The topological polar surface area (TPSA) is 87.1 Å². The van der Waals surface area contributed by atoms with Crippen LogP contribution < -0.4 is 5.73 Å². The van der Waals surface area contributed by atoms with E-state index >= 15 is 0 Å². The van der Waals surface area contributed by atoms with Gasteiger partial charge in [-0.05, 0) is 17.2 Å². The Morgan fingerprint density at radius 1 is 1.33 bits per heavy atom. The number of amidine groups is 1. The van der Waals surface area contributed by atoms with Crippen LogP contribution in [0.4, 0.5) is 0 Å². The molecule has 5 heteroatoms. The van der Waals surface area contributed by atoms with Crippen LogP contribution in [-0.2, 0) is 0 Å². The molecule has 12 heavy (non-hydrogen) atoms. The molecular formula is C7H7N5. The van der Waals surface area contributed by atoms with Crippen LogP contribution in [0.25, 0.3) is 10.4 Å². The molecule has 0 aromatic heterocycles. The number of rotatable bonds is 2. The van der Waals surface area contributed by atoms with E-state index in [0.29, 0.717) is 0 Å². The van der Waals surface area contributed by atoms with E-state index in [0.717, 1.165) is 5.56 Å². The van der Waals surface area contributed by atoms with Crippen LogP contribution in [0.15, 0.2) is 40.7 Å². The van der Waals surface area contributed by atoms with E-state index in [4.69, 9.17) is 11.3 Å². The second-order valence-electron chi connectivity index (χ2n) is 2.03. The third-order valence-corrected chi connectivity index (χ3v) is 1.26. The quantitative estimate of drug-likeness (QED) is 0.175. The summed E-state index contributed by atoms with van der Waals surface area (Å²) in [6, 6.07) is 9.09. The molecule has 0 aliphatic carbocycles. The fourth-order valence-electron chi connectivity index (χ4n) is 0.735. The average Bonchev–Trinajstić information content (AvgIpc) is 2.15. The normalized spacial score (nSPS) is 10.5. The first-order chi connectivity index (χ1) is 5.84. The molecule has 0 bridgehead atoms. The molecule has 0 aliphatic rings. The highest BCUT2D eigenvalue weighted by Gasteiger charge is 1.98. The Morgan fingerprint density at radius 3 is 2.58 bits per heavy atom. The Morgan fingerprint density at radius 2 is 2.00 bits per heavy atom. The van der Waals surface area contributed by atoms with Gasteiger partial charge >= 0.3 is 0 Å². The summed E-state index contributed by atoms with van der Waals surface area (Å²) in [5.41, 5.74) is 14.2. The van der Waals surface area contributed by atoms with E-state index in [2.05, 4.69) is 15.2 Å². The van der Waals surface area contributed by atoms with E-state index < -0.39 is 0 Å². The first-order valence-electron chi connectivity index (χ1n) is 3.27. The summed E-state index contributed by atoms with van der Waals surface area (Å²) in [5.74, 6) is 0.216. The van der Waals surface area contributed by atoms with Crippen molar-refractivity contribution in [1.82, 2.24) is 0 Å². The second kappa shape index (κ2) is 4.00. The summed E-state index contributed by atoms with van der Waals surface area (Å²) in [7, 11) is 0. The van der Waals surface area contributed by atoms with Gasteiger partial charge in [-0.1, -0.05) is 18.2 Å². The summed E-state index contributed by atoms with van der Waals surface area (Å²) in [6.07, 6.45) is 0. The standard InChI is InChI=1S/C7H7N5/c8-7(10-12-11-9)6-4-2-1-3-5-6/h1-5H,(H2,8,10). The maximum absolute atomic E-state index is 7.96. The van der Waals surface area contributed by atoms with Gasteiger partial charge in [-0.3, -0.25) is 0 Å². The summed E-state index contributed by atoms with van der Waals surface area (Å²) in [5, 5.41) is 6.41. The van der Waals surface area contributed by atoms with Gasteiger partial charge in [0.1, 0.15) is 0 Å². The zero-order chi connectivity index (χ0) is 8.81. The first-order valence-corrected chi connectivity index (χ1v) is 3.27. The Labute approximate surface area is 69.1 Å². The molecule has 60 valence electrons. The molecule has 0 saturated heterocycles. The minimum Gasteiger partial charge on any atom is -0.362 e. The Bertz CT molecular complexity index is 323. The van der Waals surface area contributed by atoms with Gasteiger partial charge in [0.25, 0.3) is 0 Å². The third kappa shape index (κ3) is 2.00. The predicted octanol–water partition coefficient (Wildman–Crippen LogP) is 1.62. The van der Waals surface area contributed by atoms with Crippen molar-refractivity contribution < 1.29 is 0 Å². The molecule has 1 rings (SSSR count). The van der Waals surface area contributed by atoms with Crippen LogP contribution in [0.5, 0.6) is 0 Å². The number of hydrogen-bond acceptors (Lipinski definition) is 1. The van der Waals surface area contributed by atoms with Crippen LogP contribution in [0.2, 0.25) is 0 Å². The highest BCUT2D eigenvalue weighted by Crippen LogP contribution is 1.97. The molecule has 0 heterocycles. The van der Waals surface area contributed by atoms with Crippen LogP contribution in [-0.4, -0.2) is 5.84 Å². The van der Waals surface area contributed by atoms with Crippen molar-refractivity contribution in [3.8, 4) is 0 Å². The van der Waals surface area contributed by atoms with Gasteiger partial charge in [0.15, 0.2) is 0 Å². The van der Waals surface area contributed by atoms with Crippen molar-refractivity contribution in [3.63, 3.8) is 0 Å². The molecule has 0 atom stereocenters. The molecule has 0 radical (unpaired) electrons. The zero-order valence-electron chi connectivity index (χ0n) is 6.25. The molecule has 5 nitrogen and oxygen atoms in total. The predicted molar refractivity (Wildman–Crippen MR) is 46.3 cm³/mol. The van der Waals surface area contributed by atoms with Crippen molar-refractivity contribution in [2.75, 3.05) is 0 Å². The van der Waals surface area contributed by atoms with Crippen molar-refractivity contribution >= 4 is 5.84 Å². The van der Waals surface area contributed by atoms with E-state index in [1.165, 1.54) is 0 Å². The largest absolute Gasteiger partial charge is 0.362 e. The first kappa shape index (κ1) is 8.10. The summed E-state index contributed by atoms with van der Waals surface area (Å²) < 4.78 is 0. The molecular weight excluding hydrogens is 154 g/mol. The van der Waals surface area contributed by atoms with Gasteiger partial charge in [-0.15, -0.1) is 5.53 Å². The molecule has 0 spiro atoms. The molecule has 1 aromatic carbocycles. The van der Waals surface area contributed by atoms with E-state index in [9.17, 15) is 0 Å². The molecule has 0 fully saturated rings. The summed E-state index contributed by atoms with van der Waals surface area (Å²) in [4.78, 5) is 2.46. The number of nitrogens with two attached hydrogens (primary N) is 1. The lowest BCUT2D eigenvalue weighted by Crippen LogP contribution is -2.11. The zero-order valence-corrected chi connectivity index (χ0v) is 6.25. The van der Waals surface area contributed by atoms with Crippen LogP contribution in [0.3, 0.4) is 0 Å². The summed E-state index contributed by atoms with van der Waals surface area (Å²) in [6.45, 7) is 0. The van der Waals surface area contributed by atoms with Gasteiger partial charge < -0.3 is 5.73 Å². The van der Waals surface area contributed by atoms with Crippen molar-refractivity contribution in [2.45, 2.75) is 0 Å². The maximum Gasteiger partial charge on any atom is 0.250 e. The minimum atomic E-state index is 0.216. The van der Waals surface area contributed by atoms with E-state index in [-0.39, 0.29) is 5.84 Å². The van der Waals surface area contributed by atoms with Crippen molar-refractivity contribution in [3.05, 3.63) is 46.3 Å². The molecule has 0 aliphatic heterocycles. The van der Waals surface area contributed by atoms with Crippen LogP contribution in [0.1, 0.15) is 5.56 Å². The second-order valence-corrected chi connectivity index (χ2v) is 2.03. The van der Waals surface area contributed by atoms with Crippen molar-refractivity contribution in [1.29, 1.82) is 0 Å². The summed E-state index contributed by atoms with van der Waals surface area (Å²) >= 11 is 0. The number of azide groups is 1. The SMILES string of the molecule is [N-]=[N+]=NN=C(N)c1ccccc1. The molecule has 1 aromatic rings. The molecule has 0 saturated carbocycles. The lowest BCUT2D eigenvalue weighted by Gasteiger charge is -1.91. The molecule has 2 N–H and O–H groups in total. The Kier molecular flexibility index (Phi) is 2.70. The molecule has 0 amide bonds. The lowest BCUT2D eigenvalue weighted by molar-refractivity contribution is 1.19. The fourth-order valence-corrected chi connectivity index (χ4v) is 0.735. The number of hydrogen-bond donors (Lipinski definition) is 1. The fraction of sp³-hybridized carbons (Fsp3) is 0. The maximum atomic E-state index is 7.96. The van der Waals surface area contributed by atoms with Gasteiger partial charge in [0, 0.05) is 10.8 Å². The van der Waals surface area contributed by atoms with Gasteiger partial charge in [0.2, 0.25) is 5.84 Å². The van der Waals surface area contributed by atoms with E-state index in [1.54, 1.807) is 12.1 Å². The van der Waals surface area contributed by atoms with Crippen LogP contribution in [0, 0.1) is 0 Å². The Hall–Kier alpha value is -2.00. The minimum absolute atomic E-state index is 0.216. The monoisotopic (exact) mass is 161 g/mol. The lowest BCUT2D eigenvalue weighted by atomic mass is 10.2. The third-order valence-electron chi connectivity index (χ3n) is 1.26.